The van der Waals surface area contributed by atoms with Crippen LogP contribution in [-0.2, 0) is 17.8 Å². The van der Waals surface area contributed by atoms with Gasteiger partial charge in [-0.15, -0.1) is 21.5 Å². The first-order valence-electron chi connectivity index (χ1n) is 9.93. The zero-order chi connectivity index (χ0) is 22.0. The Morgan fingerprint density at radius 3 is 2.71 bits per heavy atom. The van der Waals surface area contributed by atoms with Gasteiger partial charge in [0.1, 0.15) is 10.5 Å². The number of carbonyl (C=O) groups excluding carboxylic acids is 1. The first kappa shape index (κ1) is 20.9. The molecule has 0 saturated carbocycles. The van der Waals surface area contributed by atoms with Crippen molar-refractivity contribution in [3.8, 4) is 11.5 Å². The molecule has 0 aliphatic heterocycles. The summed E-state index contributed by atoms with van der Waals surface area (Å²) in [6.45, 7) is 2.57. The van der Waals surface area contributed by atoms with Crippen LogP contribution in [0.1, 0.15) is 25.6 Å². The number of fused-ring (bicyclic) bond motifs is 3. The van der Waals surface area contributed by atoms with Gasteiger partial charge in [-0.2, -0.15) is 0 Å². The van der Waals surface area contributed by atoms with Crippen molar-refractivity contribution >= 4 is 38.9 Å². The number of nitrogens with zero attached hydrogens (tertiary/aromatic N) is 4. The molecule has 31 heavy (non-hydrogen) atoms. The van der Waals surface area contributed by atoms with E-state index in [-0.39, 0.29) is 17.9 Å². The van der Waals surface area contributed by atoms with Gasteiger partial charge in [-0.05, 0) is 30.0 Å². The fourth-order valence-electron chi connectivity index (χ4n) is 3.53. The summed E-state index contributed by atoms with van der Waals surface area (Å²) in [4.78, 5) is 25.3. The Labute approximate surface area is 182 Å². The van der Waals surface area contributed by atoms with Crippen LogP contribution in [0.5, 0.6) is 11.5 Å². The number of anilines is 1. The number of aryl methyl sites for hydroxylation is 2. The van der Waals surface area contributed by atoms with E-state index in [1.54, 1.807) is 37.0 Å². The van der Waals surface area contributed by atoms with Crippen LogP contribution in [0.2, 0.25) is 0 Å². The minimum absolute atomic E-state index is 0.0514. The van der Waals surface area contributed by atoms with Crippen LogP contribution in [0.15, 0.2) is 34.4 Å². The second-order valence-electron chi connectivity index (χ2n) is 6.96. The van der Waals surface area contributed by atoms with Crippen molar-refractivity contribution in [2.75, 3.05) is 19.5 Å². The van der Waals surface area contributed by atoms with E-state index in [2.05, 4.69) is 15.5 Å². The number of hydrogen-bond acceptors (Lipinski definition) is 7. The van der Waals surface area contributed by atoms with Crippen molar-refractivity contribution in [1.82, 2.24) is 19.2 Å². The van der Waals surface area contributed by atoms with Gasteiger partial charge in [0.25, 0.3) is 5.56 Å². The molecule has 4 aromatic rings. The molecule has 1 N–H and O–H groups in total. The zero-order valence-electron chi connectivity index (χ0n) is 17.5. The molecule has 3 heterocycles. The second-order valence-corrected chi connectivity index (χ2v) is 7.88. The van der Waals surface area contributed by atoms with Crippen LogP contribution in [0, 0.1) is 0 Å². The Kier molecular flexibility index (Phi) is 5.90. The number of ether oxygens (including phenoxy) is 2. The summed E-state index contributed by atoms with van der Waals surface area (Å²) < 4.78 is 14.7. The van der Waals surface area contributed by atoms with Crippen molar-refractivity contribution in [2.45, 2.75) is 32.7 Å². The molecule has 162 valence electrons. The molecule has 10 heteroatoms. The van der Waals surface area contributed by atoms with Crippen LogP contribution in [0.4, 0.5) is 5.69 Å². The molecule has 0 unspecified atom stereocenters. The summed E-state index contributed by atoms with van der Waals surface area (Å²) >= 11 is 1.40. The van der Waals surface area contributed by atoms with Gasteiger partial charge in [0.15, 0.2) is 11.5 Å². The Hall–Kier alpha value is -3.40. The number of methoxy groups -OCH3 is 2. The van der Waals surface area contributed by atoms with Gasteiger partial charge in [0, 0.05) is 31.1 Å². The molecule has 4 rings (SSSR count). The molecule has 0 atom stereocenters. The number of aromatic nitrogens is 4. The minimum Gasteiger partial charge on any atom is -0.493 e. The van der Waals surface area contributed by atoms with Crippen molar-refractivity contribution in [2.24, 2.45) is 0 Å². The van der Waals surface area contributed by atoms with Crippen LogP contribution in [0.25, 0.3) is 16.0 Å². The smallest absolute Gasteiger partial charge is 0.272 e. The van der Waals surface area contributed by atoms with Gasteiger partial charge >= 0.3 is 0 Å². The maximum Gasteiger partial charge on any atom is 0.272 e. The number of rotatable bonds is 8. The van der Waals surface area contributed by atoms with Gasteiger partial charge in [0.2, 0.25) is 11.7 Å². The van der Waals surface area contributed by atoms with Gasteiger partial charge in [-0.1, -0.05) is 6.92 Å². The molecule has 0 radical (unpaired) electrons. The first-order chi connectivity index (χ1) is 15.1. The van der Waals surface area contributed by atoms with E-state index in [1.165, 1.54) is 11.3 Å². The Morgan fingerprint density at radius 2 is 1.97 bits per heavy atom. The summed E-state index contributed by atoms with van der Waals surface area (Å²) in [5, 5.41) is 13.3. The normalized spacial score (nSPS) is 11.2. The van der Waals surface area contributed by atoms with E-state index in [9.17, 15) is 9.59 Å². The molecule has 0 aliphatic rings. The Balaban J connectivity index is 1.57. The van der Waals surface area contributed by atoms with Crippen molar-refractivity contribution in [1.29, 1.82) is 0 Å². The maximum absolute atomic E-state index is 12.8. The minimum atomic E-state index is -0.160. The third-order valence-electron chi connectivity index (χ3n) is 4.97. The lowest BCUT2D eigenvalue weighted by Crippen LogP contribution is -2.22. The number of nitrogens with one attached hydrogen (secondary N) is 1. The van der Waals surface area contributed by atoms with Crippen molar-refractivity contribution in [3.05, 3.63) is 45.8 Å². The molecule has 0 aliphatic carbocycles. The zero-order valence-corrected chi connectivity index (χ0v) is 18.4. The van der Waals surface area contributed by atoms with Crippen LogP contribution in [0.3, 0.4) is 0 Å². The third-order valence-corrected chi connectivity index (χ3v) is 5.86. The fourth-order valence-corrected chi connectivity index (χ4v) is 4.35. The molecular formula is C21H23N5O4S. The highest BCUT2D eigenvalue weighted by Gasteiger charge is 2.18. The molecular weight excluding hydrogens is 418 g/mol. The number of carbonyl (C=O) groups is 1. The lowest BCUT2D eigenvalue weighted by atomic mass is 10.2. The summed E-state index contributed by atoms with van der Waals surface area (Å²) in [5.74, 6) is 2.12. The van der Waals surface area contributed by atoms with Gasteiger partial charge in [-0.25, -0.2) is 0 Å². The van der Waals surface area contributed by atoms with Gasteiger partial charge in [0.05, 0.1) is 19.7 Å². The largest absolute Gasteiger partial charge is 0.493 e. The number of thiophene rings is 1. The number of benzene rings is 1. The highest BCUT2D eigenvalue weighted by molar-refractivity contribution is 7.17. The summed E-state index contributed by atoms with van der Waals surface area (Å²) in [7, 11) is 3.10. The topological polar surface area (TPSA) is 99.8 Å². The molecule has 1 amide bonds. The first-order valence-corrected chi connectivity index (χ1v) is 10.8. The highest BCUT2D eigenvalue weighted by Crippen LogP contribution is 2.29. The average Bonchev–Trinajstić information content (AvgIpc) is 3.42. The summed E-state index contributed by atoms with van der Waals surface area (Å²) in [6.07, 6.45) is 1.41. The van der Waals surface area contributed by atoms with Crippen molar-refractivity contribution < 1.29 is 14.3 Å². The van der Waals surface area contributed by atoms with Crippen LogP contribution >= 0.6 is 11.3 Å². The SMILES string of the molecule is CCCn1c(=O)c2sccc2n2c(CCC(=O)Nc3ccc(OC)c(OC)c3)nnc12. The Morgan fingerprint density at radius 1 is 1.16 bits per heavy atom. The van der Waals surface area contributed by atoms with E-state index in [0.717, 1.165) is 11.9 Å². The summed E-state index contributed by atoms with van der Waals surface area (Å²) in [5.41, 5.74) is 1.34. The van der Waals surface area contributed by atoms with Gasteiger partial charge < -0.3 is 14.8 Å². The number of hydrogen-bond donors (Lipinski definition) is 1. The van der Waals surface area contributed by atoms with Crippen LogP contribution < -0.4 is 20.3 Å². The molecule has 3 aromatic heterocycles. The molecule has 0 bridgehead atoms. The van der Waals surface area contributed by atoms with Crippen molar-refractivity contribution in [3.63, 3.8) is 0 Å². The molecule has 0 fully saturated rings. The molecule has 9 nitrogen and oxygen atoms in total. The Bertz CT molecular complexity index is 1310. The maximum atomic E-state index is 12.8. The quantitative estimate of drug-likeness (QED) is 0.451. The fraction of sp³-hybridized carbons (Fsp3) is 0.333. The predicted molar refractivity (Wildman–Crippen MR) is 119 cm³/mol. The molecule has 0 saturated heterocycles. The van der Waals surface area contributed by atoms with E-state index in [4.69, 9.17) is 9.47 Å². The average molecular weight is 442 g/mol. The monoisotopic (exact) mass is 441 g/mol. The summed E-state index contributed by atoms with van der Waals surface area (Å²) in [6, 6.07) is 7.09. The molecule has 0 spiro atoms. The predicted octanol–water partition coefficient (Wildman–Crippen LogP) is 3.10. The number of amides is 1. The highest BCUT2D eigenvalue weighted by atomic mass is 32.1. The lowest BCUT2D eigenvalue weighted by molar-refractivity contribution is -0.116. The van der Waals surface area contributed by atoms with Crippen LogP contribution in [-0.4, -0.2) is 39.3 Å². The second kappa shape index (κ2) is 8.76. The van der Waals surface area contributed by atoms with E-state index in [1.807, 2.05) is 22.8 Å². The lowest BCUT2D eigenvalue weighted by Gasteiger charge is -2.11. The van der Waals surface area contributed by atoms with Gasteiger partial charge in [-0.3, -0.25) is 18.6 Å². The third kappa shape index (κ3) is 3.86. The van der Waals surface area contributed by atoms with E-state index < -0.39 is 0 Å². The standard InChI is InChI=1S/C21H23N5O4S/c1-4-10-25-20(28)19-14(9-11-31-19)26-17(23-24-21(25)26)7-8-18(27)22-13-5-6-15(29-2)16(12-13)30-3/h5-6,9,11-12H,4,7-8,10H2,1-3H3,(H,22,27). The van der Waals surface area contributed by atoms with E-state index in [0.29, 0.717) is 46.5 Å². The van der Waals surface area contributed by atoms with E-state index >= 15 is 0 Å². The molecule has 1 aromatic carbocycles.